The van der Waals surface area contributed by atoms with E-state index < -0.39 is 6.10 Å². The van der Waals surface area contributed by atoms with Crippen LogP contribution in [-0.2, 0) is 28.6 Å². The van der Waals surface area contributed by atoms with Gasteiger partial charge in [-0.2, -0.15) is 0 Å². The van der Waals surface area contributed by atoms with Crippen LogP contribution >= 0.6 is 0 Å². The Kier molecular flexibility index (Phi) is 63.7. The summed E-state index contributed by atoms with van der Waals surface area (Å²) in [6, 6.07) is 0. The number of carbonyl (C=O) groups is 3. The Bertz CT molecular complexity index is 1440. The first-order valence-corrected chi connectivity index (χ1v) is 33.9. The van der Waals surface area contributed by atoms with E-state index in [0.29, 0.717) is 19.3 Å². The third-order valence-corrected chi connectivity index (χ3v) is 14.9. The molecule has 6 heteroatoms. The van der Waals surface area contributed by atoms with Crippen LogP contribution in [0.15, 0.2) is 72.9 Å². The highest BCUT2D eigenvalue weighted by molar-refractivity contribution is 5.71. The van der Waals surface area contributed by atoms with Crippen molar-refractivity contribution in [2.45, 2.75) is 354 Å². The predicted octanol–water partition coefficient (Wildman–Crippen LogP) is 23.3. The number of allylic oxidation sites excluding steroid dienone is 12. The minimum atomic E-state index is -0.791. The van der Waals surface area contributed by atoms with Crippen LogP contribution in [0, 0.1) is 0 Å². The van der Waals surface area contributed by atoms with Crippen molar-refractivity contribution in [3.8, 4) is 0 Å². The van der Waals surface area contributed by atoms with Crippen molar-refractivity contribution >= 4 is 17.9 Å². The predicted molar refractivity (Wildman–Crippen MR) is 339 cm³/mol. The zero-order valence-corrected chi connectivity index (χ0v) is 51.9. The van der Waals surface area contributed by atoms with Crippen LogP contribution in [0.2, 0.25) is 0 Å². The Morgan fingerprint density at radius 1 is 0.269 bits per heavy atom. The summed E-state index contributed by atoms with van der Waals surface area (Å²) in [5.41, 5.74) is 0. The van der Waals surface area contributed by atoms with Gasteiger partial charge in [-0.05, 0) is 109 Å². The Morgan fingerprint density at radius 2 is 0.500 bits per heavy atom. The monoisotopic (exact) mass is 1090 g/mol. The molecule has 0 radical (unpaired) electrons. The van der Waals surface area contributed by atoms with E-state index >= 15 is 0 Å². The first-order chi connectivity index (χ1) is 38.5. The molecule has 0 aromatic carbocycles. The second-order valence-electron chi connectivity index (χ2n) is 22.7. The molecule has 1 unspecified atom stereocenters. The number of unbranched alkanes of at least 4 members (excludes halogenated alkanes) is 39. The quantitative estimate of drug-likeness (QED) is 0.0261. The minimum absolute atomic E-state index is 0.0855. The van der Waals surface area contributed by atoms with E-state index in [1.165, 1.54) is 205 Å². The van der Waals surface area contributed by atoms with Gasteiger partial charge in [0.05, 0.1) is 0 Å². The van der Waals surface area contributed by atoms with Crippen LogP contribution in [-0.4, -0.2) is 37.2 Å². The Labute approximate surface area is 484 Å². The molecule has 0 aromatic heterocycles. The summed E-state index contributed by atoms with van der Waals surface area (Å²) in [4.78, 5) is 38.3. The fourth-order valence-electron chi connectivity index (χ4n) is 9.84. The summed E-state index contributed by atoms with van der Waals surface area (Å²) in [7, 11) is 0. The van der Waals surface area contributed by atoms with Gasteiger partial charge in [-0.1, -0.05) is 293 Å². The van der Waals surface area contributed by atoms with Gasteiger partial charge < -0.3 is 14.2 Å². The van der Waals surface area contributed by atoms with Crippen LogP contribution in [0.1, 0.15) is 348 Å². The lowest BCUT2D eigenvalue weighted by atomic mass is 10.0. The lowest BCUT2D eigenvalue weighted by Gasteiger charge is -2.18. The van der Waals surface area contributed by atoms with Crippen LogP contribution in [0.4, 0.5) is 0 Å². The SMILES string of the molecule is CC/C=C\C/C=C\C/C=C\C/C=C\CCCCCCC(=O)OC(COC(=O)CCCCCCC/C=C\CCCCC)COC(=O)CCCCCCCCCCCCCCCCCCCCC/C=C\CCCCCCCCCC. The van der Waals surface area contributed by atoms with Crippen molar-refractivity contribution in [1.82, 2.24) is 0 Å². The highest BCUT2D eigenvalue weighted by Crippen LogP contribution is 2.17. The molecule has 0 saturated heterocycles. The molecule has 0 aliphatic heterocycles. The van der Waals surface area contributed by atoms with Crippen molar-refractivity contribution in [2.24, 2.45) is 0 Å². The van der Waals surface area contributed by atoms with Crippen LogP contribution < -0.4 is 0 Å². The van der Waals surface area contributed by atoms with Gasteiger partial charge in [0, 0.05) is 19.3 Å². The molecule has 0 spiro atoms. The maximum atomic E-state index is 12.9. The number of ether oxygens (including phenoxy) is 3. The number of carbonyl (C=O) groups excluding carboxylic acids is 3. The molecule has 0 aliphatic rings. The van der Waals surface area contributed by atoms with Crippen LogP contribution in [0.5, 0.6) is 0 Å². The van der Waals surface area contributed by atoms with E-state index in [9.17, 15) is 14.4 Å². The standard InChI is InChI=1S/C72H128O6/c1-4-7-10-13-16-19-22-25-27-29-30-31-32-33-34-35-36-37-38-39-40-41-42-44-45-47-50-53-56-59-62-65-71(74)77-68-69(67-76-70(73)64-61-58-55-52-49-24-21-18-15-12-9-6-3)78-72(75)66-63-60-57-54-51-48-46-43-28-26-23-20-17-14-11-8-5-2/h8,11,17-18,20-21,26,28-30,46,48,69H,4-7,9-10,12-16,19,22-25,27,31-45,47,49-68H2,1-3H3/b11-8-,20-17-,21-18-,28-26-,30-29-,48-46-. The van der Waals surface area contributed by atoms with E-state index in [0.717, 1.165) is 103 Å². The largest absolute Gasteiger partial charge is 0.462 e. The third-order valence-electron chi connectivity index (χ3n) is 14.9. The molecule has 0 bridgehead atoms. The second-order valence-corrected chi connectivity index (χ2v) is 22.7. The molecular weight excluding hydrogens is 961 g/mol. The van der Waals surface area contributed by atoms with E-state index in [4.69, 9.17) is 14.2 Å². The van der Waals surface area contributed by atoms with Gasteiger partial charge in [-0.25, -0.2) is 0 Å². The highest BCUT2D eigenvalue weighted by atomic mass is 16.6. The molecule has 78 heavy (non-hydrogen) atoms. The van der Waals surface area contributed by atoms with Gasteiger partial charge >= 0.3 is 17.9 Å². The molecule has 0 N–H and O–H groups in total. The minimum Gasteiger partial charge on any atom is -0.462 e. The molecular formula is C72H128O6. The Morgan fingerprint density at radius 3 is 0.821 bits per heavy atom. The van der Waals surface area contributed by atoms with E-state index in [2.05, 4.69) is 93.7 Å². The third kappa shape index (κ3) is 63.7. The van der Waals surface area contributed by atoms with Crippen molar-refractivity contribution in [1.29, 1.82) is 0 Å². The highest BCUT2D eigenvalue weighted by Gasteiger charge is 2.19. The topological polar surface area (TPSA) is 78.9 Å². The maximum Gasteiger partial charge on any atom is 0.306 e. The zero-order chi connectivity index (χ0) is 56.4. The summed E-state index contributed by atoms with van der Waals surface area (Å²) in [6.07, 6.45) is 86.6. The average Bonchev–Trinajstić information content (AvgIpc) is 3.44. The first-order valence-electron chi connectivity index (χ1n) is 33.9. The van der Waals surface area contributed by atoms with E-state index in [1.54, 1.807) is 0 Å². The van der Waals surface area contributed by atoms with Gasteiger partial charge in [-0.3, -0.25) is 14.4 Å². The van der Waals surface area contributed by atoms with Gasteiger partial charge in [-0.15, -0.1) is 0 Å². The summed E-state index contributed by atoms with van der Waals surface area (Å²) >= 11 is 0. The van der Waals surface area contributed by atoms with Crippen molar-refractivity contribution < 1.29 is 28.6 Å². The molecule has 0 heterocycles. The van der Waals surface area contributed by atoms with Crippen molar-refractivity contribution in [3.63, 3.8) is 0 Å². The summed E-state index contributed by atoms with van der Waals surface area (Å²) in [5.74, 6) is -0.904. The smallest absolute Gasteiger partial charge is 0.306 e. The summed E-state index contributed by atoms with van der Waals surface area (Å²) < 4.78 is 16.9. The molecule has 0 aromatic rings. The molecule has 6 nitrogen and oxygen atoms in total. The molecule has 0 amide bonds. The van der Waals surface area contributed by atoms with E-state index in [1.807, 2.05) is 0 Å². The number of esters is 3. The van der Waals surface area contributed by atoms with Crippen LogP contribution in [0.3, 0.4) is 0 Å². The molecule has 0 fully saturated rings. The van der Waals surface area contributed by atoms with Gasteiger partial charge in [0.1, 0.15) is 13.2 Å². The lowest BCUT2D eigenvalue weighted by Crippen LogP contribution is -2.30. The van der Waals surface area contributed by atoms with Gasteiger partial charge in [0.15, 0.2) is 6.10 Å². The number of hydrogen-bond donors (Lipinski definition) is 0. The molecule has 0 rings (SSSR count). The fourth-order valence-corrected chi connectivity index (χ4v) is 9.84. The molecule has 1 atom stereocenters. The molecule has 0 aliphatic carbocycles. The average molecular weight is 1090 g/mol. The maximum absolute atomic E-state index is 12.9. The normalized spacial score (nSPS) is 12.5. The summed E-state index contributed by atoms with van der Waals surface area (Å²) in [6.45, 7) is 6.51. The fraction of sp³-hybridized carbons (Fsp3) is 0.792. The lowest BCUT2D eigenvalue weighted by molar-refractivity contribution is -0.167. The van der Waals surface area contributed by atoms with Gasteiger partial charge in [0.25, 0.3) is 0 Å². The second kappa shape index (κ2) is 66.4. The van der Waals surface area contributed by atoms with E-state index in [-0.39, 0.29) is 31.1 Å². The first kappa shape index (κ1) is 74.8. The van der Waals surface area contributed by atoms with Crippen molar-refractivity contribution in [3.05, 3.63) is 72.9 Å². The zero-order valence-electron chi connectivity index (χ0n) is 51.9. The van der Waals surface area contributed by atoms with Gasteiger partial charge in [0.2, 0.25) is 0 Å². The number of hydrogen-bond acceptors (Lipinski definition) is 6. The number of rotatable bonds is 62. The molecule has 452 valence electrons. The van der Waals surface area contributed by atoms with Crippen molar-refractivity contribution in [2.75, 3.05) is 13.2 Å². The molecule has 0 saturated carbocycles. The Balaban J connectivity index is 4.17. The van der Waals surface area contributed by atoms with Crippen LogP contribution in [0.25, 0.3) is 0 Å². The summed E-state index contributed by atoms with van der Waals surface area (Å²) in [5, 5.41) is 0. The Hall–Kier alpha value is -3.15.